The Morgan fingerprint density at radius 2 is 1.86 bits per heavy atom. The van der Waals surface area contributed by atoms with Gasteiger partial charge in [-0.15, -0.1) is 0 Å². The lowest BCUT2D eigenvalue weighted by Gasteiger charge is -2.13. The Morgan fingerprint density at radius 1 is 1.14 bits per heavy atom. The van der Waals surface area contributed by atoms with Crippen LogP contribution in [0.5, 0.6) is 0 Å². The Morgan fingerprint density at radius 3 is 2.36 bits per heavy atom. The largest absolute Gasteiger partial charge is 0.481 e. The zero-order valence-corrected chi connectivity index (χ0v) is 8.35. The van der Waals surface area contributed by atoms with Gasteiger partial charge in [-0.1, -0.05) is 0 Å². The summed E-state index contributed by atoms with van der Waals surface area (Å²) in [5, 5.41) is 9.15. The number of hydrogen-bond donors (Lipinski definition) is 1. The summed E-state index contributed by atoms with van der Waals surface area (Å²) in [6, 6.07) is 0.737. The lowest BCUT2D eigenvalue weighted by atomic mass is 9.92. The number of rotatable bonds is 3. The summed E-state index contributed by atoms with van der Waals surface area (Å²) in [7, 11) is 0. The summed E-state index contributed by atoms with van der Waals surface area (Å²) in [4.78, 5) is 13.5. The topological polar surface area (TPSA) is 40.5 Å². The highest BCUT2D eigenvalue weighted by molar-refractivity contribution is 5.71. The summed E-state index contributed by atoms with van der Waals surface area (Å²) < 4.78 is 0. The van der Waals surface area contributed by atoms with E-state index in [2.05, 4.69) is 4.90 Å². The quantitative estimate of drug-likeness (QED) is 0.735. The normalized spacial score (nSPS) is 38.9. The van der Waals surface area contributed by atoms with Gasteiger partial charge in [0.2, 0.25) is 0 Å². The van der Waals surface area contributed by atoms with E-state index in [4.69, 9.17) is 5.11 Å². The SMILES string of the molecule is O=C(O)[C@@H]1CN(C2CC2)C[C@H]1C1CC1. The molecule has 0 spiro atoms. The molecule has 3 heteroatoms. The Hall–Kier alpha value is -0.570. The molecule has 0 unspecified atom stereocenters. The molecule has 1 aliphatic heterocycles. The van der Waals surface area contributed by atoms with Gasteiger partial charge in [0.25, 0.3) is 0 Å². The molecule has 3 aliphatic rings. The van der Waals surface area contributed by atoms with Crippen molar-refractivity contribution in [3.63, 3.8) is 0 Å². The van der Waals surface area contributed by atoms with E-state index < -0.39 is 5.97 Å². The Bertz CT molecular complexity index is 258. The first kappa shape index (κ1) is 8.72. The monoisotopic (exact) mass is 195 g/mol. The van der Waals surface area contributed by atoms with E-state index in [0.29, 0.717) is 5.92 Å². The van der Waals surface area contributed by atoms with Crippen LogP contribution in [0.3, 0.4) is 0 Å². The fourth-order valence-electron chi connectivity index (χ4n) is 2.86. The molecule has 3 fully saturated rings. The summed E-state index contributed by atoms with van der Waals surface area (Å²) in [5.74, 6) is 0.570. The third-order valence-corrected chi connectivity index (χ3v) is 4.00. The number of aliphatic carboxylic acids is 1. The molecule has 0 bridgehead atoms. The third-order valence-electron chi connectivity index (χ3n) is 4.00. The molecule has 3 nitrogen and oxygen atoms in total. The van der Waals surface area contributed by atoms with E-state index in [1.165, 1.54) is 25.7 Å². The average Bonchev–Trinajstić information content (AvgIpc) is 3.03. The van der Waals surface area contributed by atoms with Gasteiger partial charge in [-0.2, -0.15) is 0 Å². The van der Waals surface area contributed by atoms with Crippen LogP contribution in [0.2, 0.25) is 0 Å². The van der Waals surface area contributed by atoms with E-state index in [0.717, 1.165) is 25.0 Å². The highest BCUT2D eigenvalue weighted by atomic mass is 16.4. The van der Waals surface area contributed by atoms with Crippen LogP contribution in [0, 0.1) is 17.8 Å². The van der Waals surface area contributed by atoms with Gasteiger partial charge in [0, 0.05) is 19.1 Å². The molecule has 3 rings (SSSR count). The van der Waals surface area contributed by atoms with E-state index in [-0.39, 0.29) is 5.92 Å². The maximum absolute atomic E-state index is 11.1. The Labute approximate surface area is 84.1 Å². The van der Waals surface area contributed by atoms with Crippen molar-refractivity contribution in [2.45, 2.75) is 31.7 Å². The van der Waals surface area contributed by atoms with Gasteiger partial charge in [-0.25, -0.2) is 0 Å². The van der Waals surface area contributed by atoms with Crippen molar-refractivity contribution in [3.05, 3.63) is 0 Å². The van der Waals surface area contributed by atoms with Crippen LogP contribution < -0.4 is 0 Å². The van der Waals surface area contributed by atoms with Gasteiger partial charge in [-0.3, -0.25) is 9.69 Å². The van der Waals surface area contributed by atoms with E-state index >= 15 is 0 Å². The predicted molar refractivity (Wildman–Crippen MR) is 51.9 cm³/mol. The second-order valence-corrected chi connectivity index (χ2v) is 5.13. The zero-order chi connectivity index (χ0) is 9.71. The van der Waals surface area contributed by atoms with Crippen LogP contribution in [0.4, 0.5) is 0 Å². The molecule has 2 aliphatic carbocycles. The number of carboxylic acid groups (broad SMARTS) is 1. The van der Waals surface area contributed by atoms with Crippen molar-refractivity contribution in [1.82, 2.24) is 4.90 Å². The number of carboxylic acids is 1. The van der Waals surface area contributed by atoms with Gasteiger partial charge in [0.15, 0.2) is 0 Å². The first-order chi connectivity index (χ1) is 6.75. The molecule has 2 saturated carbocycles. The molecule has 78 valence electrons. The summed E-state index contributed by atoms with van der Waals surface area (Å²) >= 11 is 0. The number of carbonyl (C=O) groups is 1. The van der Waals surface area contributed by atoms with Crippen molar-refractivity contribution in [1.29, 1.82) is 0 Å². The molecule has 14 heavy (non-hydrogen) atoms. The van der Waals surface area contributed by atoms with Crippen LogP contribution in [0.15, 0.2) is 0 Å². The molecule has 1 N–H and O–H groups in total. The van der Waals surface area contributed by atoms with Crippen molar-refractivity contribution >= 4 is 5.97 Å². The van der Waals surface area contributed by atoms with E-state index in [1.54, 1.807) is 0 Å². The molecule has 0 aromatic carbocycles. The first-order valence-corrected chi connectivity index (χ1v) is 5.72. The first-order valence-electron chi connectivity index (χ1n) is 5.72. The molecule has 1 saturated heterocycles. The van der Waals surface area contributed by atoms with E-state index in [1.807, 2.05) is 0 Å². The summed E-state index contributed by atoms with van der Waals surface area (Å²) in [6.45, 7) is 1.88. The molecule has 0 aromatic heterocycles. The average molecular weight is 195 g/mol. The smallest absolute Gasteiger partial charge is 0.308 e. The van der Waals surface area contributed by atoms with Crippen LogP contribution in [-0.2, 0) is 4.79 Å². The minimum atomic E-state index is -0.565. The van der Waals surface area contributed by atoms with Crippen molar-refractivity contribution in [2.24, 2.45) is 17.8 Å². The highest BCUT2D eigenvalue weighted by Gasteiger charge is 2.48. The molecule has 0 aromatic rings. The fraction of sp³-hybridized carbons (Fsp3) is 0.909. The number of hydrogen-bond acceptors (Lipinski definition) is 2. The van der Waals surface area contributed by atoms with Gasteiger partial charge in [-0.05, 0) is 37.5 Å². The lowest BCUT2D eigenvalue weighted by Crippen LogP contribution is -2.25. The van der Waals surface area contributed by atoms with Gasteiger partial charge in [0.1, 0.15) is 0 Å². The van der Waals surface area contributed by atoms with Gasteiger partial charge >= 0.3 is 5.97 Å². The van der Waals surface area contributed by atoms with Gasteiger partial charge in [0.05, 0.1) is 5.92 Å². The van der Waals surface area contributed by atoms with Crippen LogP contribution in [0.1, 0.15) is 25.7 Å². The maximum atomic E-state index is 11.1. The third kappa shape index (κ3) is 1.44. The van der Waals surface area contributed by atoms with Crippen molar-refractivity contribution < 1.29 is 9.90 Å². The van der Waals surface area contributed by atoms with Crippen LogP contribution in [0.25, 0.3) is 0 Å². The van der Waals surface area contributed by atoms with Crippen LogP contribution >= 0.6 is 0 Å². The second kappa shape index (κ2) is 2.96. The molecular weight excluding hydrogens is 178 g/mol. The molecule has 1 heterocycles. The molecule has 0 radical (unpaired) electrons. The van der Waals surface area contributed by atoms with Gasteiger partial charge < -0.3 is 5.11 Å². The van der Waals surface area contributed by atoms with Crippen LogP contribution in [-0.4, -0.2) is 35.1 Å². The number of likely N-dealkylation sites (tertiary alicyclic amines) is 1. The maximum Gasteiger partial charge on any atom is 0.308 e. The predicted octanol–water partition coefficient (Wildman–Crippen LogP) is 1.19. The highest BCUT2D eigenvalue weighted by Crippen LogP contribution is 2.46. The van der Waals surface area contributed by atoms with Crippen molar-refractivity contribution in [2.75, 3.05) is 13.1 Å². The van der Waals surface area contributed by atoms with E-state index in [9.17, 15) is 4.79 Å². The second-order valence-electron chi connectivity index (χ2n) is 5.13. The molecule has 2 atom stereocenters. The lowest BCUT2D eigenvalue weighted by molar-refractivity contribution is -0.142. The summed E-state index contributed by atoms with van der Waals surface area (Å²) in [6.07, 6.45) is 5.13. The minimum Gasteiger partial charge on any atom is -0.481 e. The Kier molecular flexibility index (Phi) is 1.84. The molecular formula is C11H17NO2. The zero-order valence-electron chi connectivity index (χ0n) is 8.35. The molecule has 0 amide bonds. The minimum absolute atomic E-state index is 0.0666. The standard InChI is InChI=1S/C11H17NO2/c13-11(14)10-6-12(8-3-4-8)5-9(10)7-1-2-7/h7-10H,1-6H2,(H,13,14)/t9-,10+/m0/s1. The van der Waals surface area contributed by atoms with Crippen molar-refractivity contribution in [3.8, 4) is 0 Å². The summed E-state index contributed by atoms with van der Waals surface area (Å²) in [5.41, 5.74) is 0. The fourth-order valence-corrected chi connectivity index (χ4v) is 2.86. The Balaban J connectivity index is 1.71. The number of nitrogens with zero attached hydrogens (tertiary/aromatic N) is 1.